The maximum Gasteiger partial charge on any atom is 0.311 e. The molecule has 0 N–H and O–H groups in total. The summed E-state index contributed by atoms with van der Waals surface area (Å²) in [7, 11) is 0. The molecule has 0 bridgehead atoms. The summed E-state index contributed by atoms with van der Waals surface area (Å²) in [4.78, 5) is 25.4. The molecule has 246 valence electrons. The van der Waals surface area contributed by atoms with E-state index in [0.717, 1.165) is 70.0 Å². The highest BCUT2D eigenvalue weighted by Gasteiger charge is 2.20. The first-order valence-electron chi connectivity index (χ1n) is 17.5. The van der Waals surface area contributed by atoms with Gasteiger partial charge in [0, 0.05) is 12.8 Å². The lowest BCUT2D eigenvalue weighted by molar-refractivity contribution is -0.137. The van der Waals surface area contributed by atoms with E-state index < -0.39 is 0 Å². The molecule has 0 aliphatic rings. The van der Waals surface area contributed by atoms with Crippen LogP contribution in [0.1, 0.15) is 149 Å². The first-order chi connectivity index (χ1) is 21.6. The van der Waals surface area contributed by atoms with E-state index in [4.69, 9.17) is 18.9 Å². The lowest BCUT2D eigenvalue weighted by Gasteiger charge is -2.15. The van der Waals surface area contributed by atoms with Gasteiger partial charge in [-0.25, -0.2) is 0 Å². The van der Waals surface area contributed by atoms with Crippen molar-refractivity contribution in [1.82, 2.24) is 0 Å². The fourth-order valence-electron chi connectivity index (χ4n) is 5.00. The number of hydrogen-bond donors (Lipinski definition) is 0. The van der Waals surface area contributed by atoms with Crippen molar-refractivity contribution in [3.05, 3.63) is 42.5 Å². The van der Waals surface area contributed by atoms with Crippen LogP contribution in [0.25, 0.3) is 0 Å². The Hall–Kier alpha value is -3.02. The van der Waals surface area contributed by atoms with Crippen molar-refractivity contribution in [2.45, 2.75) is 149 Å². The summed E-state index contributed by atoms with van der Waals surface area (Å²) in [6.07, 6.45) is 21.1. The number of esters is 2. The quantitative estimate of drug-likeness (QED) is 0.0599. The largest absolute Gasteiger partial charge is 0.494 e. The van der Waals surface area contributed by atoms with Crippen LogP contribution in [0.4, 0.5) is 0 Å². The summed E-state index contributed by atoms with van der Waals surface area (Å²) < 4.78 is 23.5. The number of rotatable bonds is 26. The van der Waals surface area contributed by atoms with Gasteiger partial charge in [0.25, 0.3) is 0 Å². The van der Waals surface area contributed by atoms with Crippen LogP contribution >= 0.6 is 0 Å². The smallest absolute Gasteiger partial charge is 0.311 e. The molecular weight excluding hydrogens is 552 g/mol. The standard InChI is InChI=1S/C38H58O6/c1-4-7-10-13-14-15-18-21-31-41-32-27-29-33(30-28-32)42-34-23-22-24-35(43-36(39)25-19-16-11-8-5-2)38(34)44-37(40)26-20-17-12-9-6-3/h22-24,27-30H,4-21,25-26,31H2,1-3H3. The number of hydrogen-bond acceptors (Lipinski definition) is 6. The van der Waals surface area contributed by atoms with Crippen LogP contribution in [0.15, 0.2) is 42.5 Å². The highest BCUT2D eigenvalue weighted by Crippen LogP contribution is 2.40. The molecule has 0 saturated heterocycles. The Bertz CT molecular complexity index is 1030. The van der Waals surface area contributed by atoms with Crippen LogP contribution < -0.4 is 18.9 Å². The van der Waals surface area contributed by atoms with Crippen molar-refractivity contribution in [2.75, 3.05) is 6.61 Å². The van der Waals surface area contributed by atoms with E-state index in [9.17, 15) is 9.59 Å². The Labute approximate surface area is 267 Å². The molecule has 0 unspecified atom stereocenters. The fourth-order valence-corrected chi connectivity index (χ4v) is 5.00. The van der Waals surface area contributed by atoms with Crippen molar-refractivity contribution in [3.63, 3.8) is 0 Å². The molecule has 0 radical (unpaired) electrons. The molecule has 0 saturated carbocycles. The Balaban J connectivity index is 1.97. The highest BCUT2D eigenvalue weighted by molar-refractivity contribution is 5.77. The second-order valence-corrected chi connectivity index (χ2v) is 11.8. The average Bonchev–Trinajstić information content (AvgIpc) is 3.02. The monoisotopic (exact) mass is 610 g/mol. The molecule has 6 nitrogen and oxygen atoms in total. The normalized spacial score (nSPS) is 10.9. The molecular formula is C38H58O6. The van der Waals surface area contributed by atoms with Crippen LogP contribution in [0.5, 0.6) is 28.7 Å². The van der Waals surface area contributed by atoms with E-state index in [1.165, 1.54) is 51.4 Å². The van der Waals surface area contributed by atoms with Gasteiger partial charge in [0.05, 0.1) is 6.61 Å². The van der Waals surface area contributed by atoms with Gasteiger partial charge in [0.2, 0.25) is 5.75 Å². The molecule has 2 rings (SSSR count). The van der Waals surface area contributed by atoms with Crippen LogP contribution in [0.2, 0.25) is 0 Å². The predicted molar refractivity (Wildman–Crippen MR) is 179 cm³/mol. The molecule has 0 amide bonds. The molecule has 0 aromatic heterocycles. The zero-order valence-electron chi connectivity index (χ0n) is 27.8. The van der Waals surface area contributed by atoms with Crippen LogP contribution in [-0.4, -0.2) is 18.5 Å². The lowest BCUT2D eigenvalue weighted by atomic mass is 10.1. The van der Waals surface area contributed by atoms with Crippen molar-refractivity contribution in [1.29, 1.82) is 0 Å². The van der Waals surface area contributed by atoms with Crippen molar-refractivity contribution in [3.8, 4) is 28.7 Å². The Morgan fingerprint density at radius 3 is 1.52 bits per heavy atom. The summed E-state index contributed by atoms with van der Waals surface area (Å²) in [5.74, 6) is 1.32. The third kappa shape index (κ3) is 16.7. The molecule has 6 heteroatoms. The molecule has 0 aliphatic carbocycles. The van der Waals surface area contributed by atoms with Gasteiger partial charge in [-0.3, -0.25) is 9.59 Å². The second kappa shape index (κ2) is 24.3. The molecule has 2 aromatic rings. The van der Waals surface area contributed by atoms with Gasteiger partial charge in [-0.05, 0) is 55.7 Å². The number of carbonyl (C=O) groups excluding carboxylic acids is 2. The van der Waals surface area contributed by atoms with E-state index in [1.54, 1.807) is 18.2 Å². The minimum Gasteiger partial charge on any atom is -0.494 e. The molecule has 44 heavy (non-hydrogen) atoms. The maximum atomic E-state index is 12.8. The van der Waals surface area contributed by atoms with Gasteiger partial charge in [-0.2, -0.15) is 0 Å². The lowest BCUT2D eigenvalue weighted by Crippen LogP contribution is -2.12. The molecule has 0 heterocycles. The summed E-state index contributed by atoms with van der Waals surface area (Å²) >= 11 is 0. The van der Waals surface area contributed by atoms with Crippen LogP contribution in [-0.2, 0) is 9.59 Å². The van der Waals surface area contributed by atoms with Crippen molar-refractivity contribution >= 4 is 11.9 Å². The zero-order chi connectivity index (χ0) is 31.7. The fraction of sp³-hybridized carbons (Fsp3) is 0.632. The zero-order valence-corrected chi connectivity index (χ0v) is 27.8. The molecule has 0 fully saturated rings. The molecule has 0 spiro atoms. The van der Waals surface area contributed by atoms with Gasteiger partial charge >= 0.3 is 11.9 Å². The predicted octanol–water partition coefficient (Wildman–Crippen LogP) is 11.5. The SMILES string of the molecule is CCCCCCCCCCOc1ccc(Oc2cccc(OC(=O)CCCCCCC)c2OC(=O)CCCCCCC)cc1. The Morgan fingerprint density at radius 1 is 0.500 bits per heavy atom. The van der Waals surface area contributed by atoms with Gasteiger partial charge in [-0.1, -0.05) is 123 Å². The summed E-state index contributed by atoms with van der Waals surface area (Å²) in [5.41, 5.74) is 0. The number of carbonyl (C=O) groups is 2. The Morgan fingerprint density at radius 2 is 0.955 bits per heavy atom. The molecule has 0 aliphatic heterocycles. The van der Waals surface area contributed by atoms with Crippen molar-refractivity contribution in [2.24, 2.45) is 0 Å². The molecule has 2 aromatic carbocycles. The summed E-state index contributed by atoms with van der Waals surface area (Å²) in [6, 6.07) is 12.5. The third-order valence-corrected chi connectivity index (χ3v) is 7.67. The van der Waals surface area contributed by atoms with Crippen LogP contribution in [0, 0.1) is 0 Å². The van der Waals surface area contributed by atoms with E-state index in [2.05, 4.69) is 20.8 Å². The number of unbranched alkanes of at least 4 members (excludes halogenated alkanes) is 15. The van der Waals surface area contributed by atoms with E-state index in [1.807, 2.05) is 24.3 Å². The number of para-hydroxylation sites is 1. The number of benzene rings is 2. The minimum absolute atomic E-state index is 0.139. The summed E-state index contributed by atoms with van der Waals surface area (Å²) in [6.45, 7) is 7.27. The third-order valence-electron chi connectivity index (χ3n) is 7.67. The number of ether oxygens (including phenoxy) is 4. The van der Waals surface area contributed by atoms with Gasteiger partial charge in [0.15, 0.2) is 11.5 Å². The second-order valence-electron chi connectivity index (χ2n) is 11.8. The summed E-state index contributed by atoms with van der Waals surface area (Å²) in [5, 5.41) is 0. The van der Waals surface area contributed by atoms with Crippen LogP contribution in [0.3, 0.4) is 0 Å². The van der Waals surface area contributed by atoms with Gasteiger partial charge < -0.3 is 18.9 Å². The van der Waals surface area contributed by atoms with Crippen molar-refractivity contribution < 1.29 is 28.5 Å². The van der Waals surface area contributed by atoms with Gasteiger partial charge in [0.1, 0.15) is 11.5 Å². The van der Waals surface area contributed by atoms with Gasteiger partial charge in [-0.15, -0.1) is 0 Å². The average molecular weight is 611 g/mol. The highest BCUT2D eigenvalue weighted by atomic mass is 16.6. The molecule has 0 atom stereocenters. The van der Waals surface area contributed by atoms with E-state index in [0.29, 0.717) is 30.9 Å². The topological polar surface area (TPSA) is 71.1 Å². The first-order valence-corrected chi connectivity index (χ1v) is 17.5. The minimum atomic E-state index is -0.362. The van der Waals surface area contributed by atoms with E-state index >= 15 is 0 Å². The Kier molecular flexibility index (Phi) is 20.5. The first kappa shape index (κ1) is 37.2. The van der Waals surface area contributed by atoms with E-state index in [-0.39, 0.29) is 23.4 Å². The maximum absolute atomic E-state index is 12.8.